The number of halogens is 1. The van der Waals surface area contributed by atoms with Gasteiger partial charge in [0.15, 0.2) is 0 Å². The van der Waals surface area contributed by atoms with E-state index in [2.05, 4.69) is 45.7 Å². The first kappa shape index (κ1) is 27.2. The lowest BCUT2D eigenvalue weighted by molar-refractivity contribution is -0.136. The van der Waals surface area contributed by atoms with E-state index in [9.17, 15) is 9.59 Å². The molecule has 1 amide bonds. The Bertz CT molecular complexity index is 1450. The maximum Gasteiger partial charge on any atom is 0.304 e. The molecular weight excluding hydrogens is 520 g/mol. The lowest BCUT2D eigenvalue weighted by atomic mass is 10.1. The summed E-state index contributed by atoms with van der Waals surface area (Å²) in [4.78, 5) is 32.6. The monoisotopic (exact) mass is 546 g/mol. The molecule has 0 fully saturated rings. The number of carboxylic acids is 1. The summed E-state index contributed by atoms with van der Waals surface area (Å²) in [5.74, 6) is 0.711. The maximum atomic E-state index is 13.1. The Morgan fingerprint density at radius 2 is 1.79 bits per heavy atom. The predicted molar refractivity (Wildman–Crippen MR) is 154 cm³/mol. The first-order valence-electron chi connectivity index (χ1n) is 12.0. The van der Waals surface area contributed by atoms with Crippen LogP contribution in [-0.2, 0) is 17.1 Å². The molecule has 4 rings (SSSR count). The number of benzene rings is 3. The molecule has 0 atom stereocenters. The fraction of sp³-hybridized carbons (Fsp3) is 0.172. The number of rotatable bonds is 11. The Kier molecular flexibility index (Phi) is 9.35. The van der Waals surface area contributed by atoms with Gasteiger partial charge < -0.3 is 15.7 Å². The van der Waals surface area contributed by atoms with Crippen LogP contribution in [0.4, 0.5) is 11.5 Å². The van der Waals surface area contributed by atoms with Gasteiger partial charge in [0.1, 0.15) is 12.1 Å². The van der Waals surface area contributed by atoms with Crippen LogP contribution >= 0.6 is 23.4 Å². The van der Waals surface area contributed by atoms with Crippen molar-refractivity contribution < 1.29 is 14.7 Å². The van der Waals surface area contributed by atoms with Gasteiger partial charge in [-0.3, -0.25) is 9.59 Å². The predicted octanol–water partition coefficient (Wildman–Crippen LogP) is 6.68. The zero-order chi connectivity index (χ0) is 26.9. The normalized spacial score (nSPS) is 10.7. The molecule has 3 N–H and O–H groups in total. The molecule has 38 heavy (non-hydrogen) atoms. The number of aryl methyl sites for hydroxylation is 1. The molecule has 0 saturated carbocycles. The standard InChI is InChI=1S/C29H27ClN4O3S/c1-19-4-2-5-20(12-19)16-31-27-15-26(32-18-33-27)24-14-23(30)8-9-25(24)34-29(37)22-7-3-6-21(13-22)17-38-11-10-28(35)36/h2-9,12-15,18H,10-11,16-17H2,1H3,(H,34,37)(H,35,36)(H,31,32,33). The number of carbonyl (C=O) groups excluding carboxylic acids is 1. The van der Waals surface area contributed by atoms with Crippen molar-refractivity contribution in [2.45, 2.75) is 25.6 Å². The molecule has 1 aromatic heterocycles. The van der Waals surface area contributed by atoms with Crippen molar-refractivity contribution in [1.29, 1.82) is 0 Å². The second-order valence-electron chi connectivity index (χ2n) is 8.67. The van der Waals surface area contributed by atoms with Crippen LogP contribution in [-0.4, -0.2) is 32.7 Å². The number of aliphatic carboxylic acids is 1. The Morgan fingerprint density at radius 3 is 2.61 bits per heavy atom. The third-order valence-electron chi connectivity index (χ3n) is 5.65. The minimum absolute atomic E-state index is 0.108. The third-order valence-corrected chi connectivity index (χ3v) is 6.91. The minimum atomic E-state index is -0.817. The lowest BCUT2D eigenvalue weighted by Crippen LogP contribution is -2.13. The summed E-state index contributed by atoms with van der Waals surface area (Å²) in [7, 11) is 0. The first-order valence-corrected chi connectivity index (χ1v) is 13.5. The number of nitrogens with one attached hydrogen (secondary N) is 2. The van der Waals surface area contributed by atoms with Gasteiger partial charge in [-0.25, -0.2) is 9.97 Å². The highest BCUT2D eigenvalue weighted by Crippen LogP contribution is 2.31. The summed E-state index contributed by atoms with van der Waals surface area (Å²) < 4.78 is 0. The molecule has 0 unspecified atom stereocenters. The fourth-order valence-electron chi connectivity index (χ4n) is 3.80. The highest BCUT2D eigenvalue weighted by Gasteiger charge is 2.14. The summed E-state index contributed by atoms with van der Waals surface area (Å²) >= 11 is 7.82. The van der Waals surface area contributed by atoms with E-state index in [1.165, 1.54) is 23.7 Å². The van der Waals surface area contributed by atoms with Gasteiger partial charge in [0.05, 0.1) is 17.8 Å². The summed E-state index contributed by atoms with van der Waals surface area (Å²) in [5, 5.41) is 15.6. The van der Waals surface area contributed by atoms with Crippen LogP contribution in [0.25, 0.3) is 11.3 Å². The zero-order valence-corrected chi connectivity index (χ0v) is 22.4. The van der Waals surface area contributed by atoms with E-state index in [0.29, 0.717) is 51.4 Å². The summed E-state index contributed by atoms with van der Waals surface area (Å²) in [6.45, 7) is 2.67. The van der Waals surface area contributed by atoms with Crippen molar-refractivity contribution in [3.63, 3.8) is 0 Å². The number of carbonyl (C=O) groups is 2. The lowest BCUT2D eigenvalue weighted by Gasteiger charge is -2.13. The second kappa shape index (κ2) is 13.1. The minimum Gasteiger partial charge on any atom is -0.481 e. The van der Waals surface area contributed by atoms with Gasteiger partial charge in [0.2, 0.25) is 0 Å². The molecule has 0 spiro atoms. The van der Waals surface area contributed by atoms with Crippen molar-refractivity contribution >= 4 is 46.7 Å². The van der Waals surface area contributed by atoms with Gasteiger partial charge >= 0.3 is 5.97 Å². The molecule has 9 heteroatoms. The average molecular weight is 547 g/mol. The van der Waals surface area contributed by atoms with E-state index in [1.54, 1.807) is 24.3 Å². The van der Waals surface area contributed by atoms with E-state index >= 15 is 0 Å². The molecular formula is C29H27ClN4O3S. The molecule has 4 aromatic rings. The topological polar surface area (TPSA) is 104 Å². The van der Waals surface area contributed by atoms with Gasteiger partial charge in [0, 0.05) is 40.3 Å². The average Bonchev–Trinajstić information content (AvgIpc) is 2.91. The molecule has 1 heterocycles. The number of nitrogens with zero attached hydrogens (tertiary/aromatic N) is 2. The van der Waals surface area contributed by atoms with Crippen LogP contribution in [0.3, 0.4) is 0 Å². The number of hydrogen-bond donors (Lipinski definition) is 3. The van der Waals surface area contributed by atoms with Crippen molar-refractivity contribution in [2.24, 2.45) is 0 Å². The first-order chi connectivity index (χ1) is 18.4. The second-order valence-corrected chi connectivity index (χ2v) is 10.2. The van der Waals surface area contributed by atoms with Gasteiger partial charge in [-0.05, 0) is 48.4 Å². The van der Waals surface area contributed by atoms with Crippen LogP contribution in [0.15, 0.2) is 79.1 Å². The van der Waals surface area contributed by atoms with Crippen molar-refractivity contribution in [3.05, 3.63) is 106 Å². The van der Waals surface area contributed by atoms with E-state index < -0.39 is 5.97 Å². The number of aromatic nitrogens is 2. The molecule has 0 aliphatic heterocycles. The molecule has 3 aromatic carbocycles. The van der Waals surface area contributed by atoms with Gasteiger partial charge in [-0.15, -0.1) is 0 Å². The van der Waals surface area contributed by atoms with Crippen LogP contribution in [0.5, 0.6) is 0 Å². The summed E-state index contributed by atoms with van der Waals surface area (Å²) in [6, 6.07) is 22.6. The van der Waals surface area contributed by atoms with Crippen molar-refractivity contribution in [2.75, 3.05) is 16.4 Å². The SMILES string of the molecule is Cc1cccc(CNc2cc(-c3cc(Cl)ccc3NC(=O)c3cccc(CSCCC(=O)O)c3)ncn2)c1. The zero-order valence-electron chi connectivity index (χ0n) is 20.8. The molecule has 0 aliphatic carbocycles. The number of hydrogen-bond acceptors (Lipinski definition) is 6. The molecule has 0 radical (unpaired) electrons. The van der Waals surface area contributed by atoms with Crippen molar-refractivity contribution in [3.8, 4) is 11.3 Å². The number of amides is 1. The number of carboxylic acid groups (broad SMARTS) is 1. The number of thioether (sulfide) groups is 1. The van der Waals surface area contributed by atoms with Crippen LogP contribution < -0.4 is 10.6 Å². The van der Waals surface area contributed by atoms with Gasteiger partial charge in [-0.1, -0.05) is 53.6 Å². The molecule has 0 aliphatic rings. The number of anilines is 2. The van der Waals surface area contributed by atoms with E-state index in [4.69, 9.17) is 16.7 Å². The third kappa shape index (κ3) is 7.81. The van der Waals surface area contributed by atoms with Crippen LogP contribution in [0.1, 0.15) is 33.5 Å². The fourth-order valence-corrected chi connectivity index (χ4v) is 4.85. The molecule has 194 valence electrons. The highest BCUT2D eigenvalue weighted by atomic mass is 35.5. The Labute approximate surface area is 230 Å². The van der Waals surface area contributed by atoms with Crippen LogP contribution in [0, 0.1) is 6.92 Å². The smallest absolute Gasteiger partial charge is 0.304 e. The van der Waals surface area contributed by atoms with Gasteiger partial charge in [-0.2, -0.15) is 11.8 Å². The molecule has 0 bridgehead atoms. The molecule has 0 saturated heterocycles. The highest BCUT2D eigenvalue weighted by molar-refractivity contribution is 7.98. The maximum absolute atomic E-state index is 13.1. The Hall–Kier alpha value is -3.88. The Morgan fingerprint density at radius 1 is 0.974 bits per heavy atom. The Balaban J connectivity index is 1.49. The van der Waals surface area contributed by atoms with E-state index in [0.717, 1.165) is 11.1 Å². The quantitative estimate of drug-likeness (QED) is 0.180. The largest absolute Gasteiger partial charge is 0.481 e. The summed E-state index contributed by atoms with van der Waals surface area (Å²) in [5.41, 5.74) is 5.65. The van der Waals surface area contributed by atoms with Crippen LogP contribution in [0.2, 0.25) is 5.02 Å². The molecule has 7 nitrogen and oxygen atoms in total. The van der Waals surface area contributed by atoms with E-state index in [-0.39, 0.29) is 12.3 Å². The van der Waals surface area contributed by atoms with E-state index in [1.807, 2.05) is 30.3 Å². The van der Waals surface area contributed by atoms with Crippen molar-refractivity contribution in [1.82, 2.24) is 9.97 Å². The summed E-state index contributed by atoms with van der Waals surface area (Å²) in [6.07, 6.45) is 1.59. The van der Waals surface area contributed by atoms with Gasteiger partial charge in [0.25, 0.3) is 5.91 Å².